The summed E-state index contributed by atoms with van der Waals surface area (Å²) in [6, 6.07) is 27.0. The summed E-state index contributed by atoms with van der Waals surface area (Å²) in [5.74, 6) is -1.39. The molecule has 4 rings (SSSR count). The maximum atomic E-state index is 13.9. The molecule has 0 saturated heterocycles. The Kier molecular flexibility index (Phi) is 8.08. The normalized spacial score (nSPS) is 11.5. The largest absolute Gasteiger partial charge is 0.323 e. The number of hydrogen-bond donors (Lipinski definition) is 2. The third-order valence-electron chi connectivity index (χ3n) is 5.01. The number of amides is 2. The molecule has 0 aliphatic heterocycles. The number of halogens is 3. The fourth-order valence-electron chi connectivity index (χ4n) is 3.29. The van der Waals surface area contributed by atoms with Crippen LogP contribution in [-0.4, -0.2) is 11.8 Å². The van der Waals surface area contributed by atoms with Crippen LogP contribution >= 0.6 is 35.0 Å². The Hall–Kier alpha value is -3.32. The van der Waals surface area contributed by atoms with E-state index in [0.717, 1.165) is 10.5 Å². The first-order valence-electron chi connectivity index (χ1n) is 10.5. The van der Waals surface area contributed by atoms with Crippen molar-refractivity contribution in [2.75, 3.05) is 10.6 Å². The Balaban J connectivity index is 1.51. The van der Waals surface area contributed by atoms with Gasteiger partial charge in [0.15, 0.2) is 0 Å². The van der Waals surface area contributed by atoms with Crippen LogP contribution < -0.4 is 10.6 Å². The van der Waals surface area contributed by atoms with E-state index >= 15 is 0 Å². The monoisotopic (exact) mass is 524 g/mol. The van der Waals surface area contributed by atoms with Crippen molar-refractivity contribution in [1.82, 2.24) is 0 Å². The summed E-state index contributed by atoms with van der Waals surface area (Å²) in [4.78, 5) is 26.4. The number of carbonyl (C=O) groups excluding carboxylic acids is 2. The van der Waals surface area contributed by atoms with Gasteiger partial charge in [-0.25, -0.2) is 4.39 Å². The van der Waals surface area contributed by atoms with E-state index in [1.807, 2.05) is 30.3 Å². The lowest BCUT2D eigenvalue weighted by molar-refractivity contribution is -0.115. The van der Waals surface area contributed by atoms with E-state index in [2.05, 4.69) is 10.6 Å². The molecule has 176 valence electrons. The van der Waals surface area contributed by atoms with Gasteiger partial charge in [0.25, 0.3) is 5.91 Å². The number of rotatable bonds is 7. The van der Waals surface area contributed by atoms with Crippen molar-refractivity contribution in [3.05, 3.63) is 124 Å². The summed E-state index contributed by atoms with van der Waals surface area (Å²) in [6.07, 6.45) is 0. The molecule has 2 N–H and O–H groups in total. The first-order valence-corrected chi connectivity index (χ1v) is 12.2. The average molecular weight is 525 g/mol. The molecule has 0 fully saturated rings. The summed E-state index contributed by atoms with van der Waals surface area (Å²) >= 11 is 13.6. The zero-order valence-electron chi connectivity index (χ0n) is 18.2. The van der Waals surface area contributed by atoms with Crippen molar-refractivity contribution < 1.29 is 14.0 Å². The zero-order valence-corrected chi connectivity index (χ0v) is 20.5. The topological polar surface area (TPSA) is 58.2 Å². The number of hydrogen-bond acceptors (Lipinski definition) is 3. The highest BCUT2D eigenvalue weighted by atomic mass is 35.5. The molecule has 0 heterocycles. The number of thioether (sulfide) groups is 1. The van der Waals surface area contributed by atoms with Crippen LogP contribution in [0.1, 0.15) is 21.2 Å². The number of carbonyl (C=O) groups is 2. The van der Waals surface area contributed by atoms with Crippen molar-refractivity contribution >= 4 is 58.2 Å². The van der Waals surface area contributed by atoms with Crippen LogP contribution in [0.25, 0.3) is 0 Å². The summed E-state index contributed by atoms with van der Waals surface area (Å²) in [6.45, 7) is 0. The minimum absolute atomic E-state index is 0.0357. The number of benzene rings is 4. The van der Waals surface area contributed by atoms with Crippen molar-refractivity contribution in [3.8, 4) is 0 Å². The lowest BCUT2D eigenvalue weighted by Crippen LogP contribution is -2.19. The quantitative estimate of drug-likeness (QED) is 0.242. The van der Waals surface area contributed by atoms with Gasteiger partial charge in [-0.1, -0.05) is 65.7 Å². The SMILES string of the molecule is O=C(Nc1ccc(SC(C(=O)Nc2cc(Cl)ccc2Cl)c2ccccc2)cc1)c1ccccc1F. The zero-order chi connectivity index (χ0) is 24.8. The molecule has 0 radical (unpaired) electrons. The van der Waals surface area contributed by atoms with Gasteiger partial charge in [-0.05, 0) is 60.2 Å². The second-order valence-corrected chi connectivity index (χ2v) is 9.50. The van der Waals surface area contributed by atoms with E-state index in [9.17, 15) is 14.0 Å². The predicted molar refractivity (Wildman–Crippen MR) is 141 cm³/mol. The third-order valence-corrected chi connectivity index (χ3v) is 6.84. The van der Waals surface area contributed by atoms with E-state index in [4.69, 9.17) is 23.2 Å². The molecular weight excluding hydrogens is 506 g/mol. The van der Waals surface area contributed by atoms with E-state index in [1.165, 1.54) is 30.0 Å². The molecule has 0 aliphatic carbocycles. The molecule has 1 atom stereocenters. The van der Waals surface area contributed by atoms with E-state index in [-0.39, 0.29) is 11.5 Å². The Morgan fingerprint density at radius 1 is 0.800 bits per heavy atom. The molecule has 0 saturated carbocycles. The summed E-state index contributed by atoms with van der Waals surface area (Å²) in [5.41, 5.74) is 1.71. The predicted octanol–water partition coefficient (Wildman–Crippen LogP) is 7.86. The first kappa shape index (κ1) is 24.8. The molecule has 0 spiro atoms. The van der Waals surface area contributed by atoms with Gasteiger partial charge in [0.2, 0.25) is 5.91 Å². The van der Waals surface area contributed by atoms with Gasteiger partial charge in [0.1, 0.15) is 11.1 Å². The highest BCUT2D eigenvalue weighted by Gasteiger charge is 2.23. The van der Waals surface area contributed by atoms with Gasteiger partial charge >= 0.3 is 0 Å². The lowest BCUT2D eigenvalue weighted by Gasteiger charge is -2.18. The minimum Gasteiger partial charge on any atom is -0.323 e. The minimum atomic E-state index is -0.589. The van der Waals surface area contributed by atoms with Crippen molar-refractivity contribution in [1.29, 1.82) is 0 Å². The van der Waals surface area contributed by atoms with Gasteiger partial charge < -0.3 is 10.6 Å². The smallest absolute Gasteiger partial charge is 0.258 e. The first-order chi connectivity index (χ1) is 16.9. The van der Waals surface area contributed by atoms with Gasteiger partial charge in [-0.15, -0.1) is 11.8 Å². The Morgan fingerprint density at radius 2 is 1.49 bits per heavy atom. The Labute approximate surface area is 216 Å². The maximum absolute atomic E-state index is 13.9. The van der Waals surface area contributed by atoms with E-state index in [0.29, 0.717) is 21.4 Å². The van der Waals surface area contributed by atoms with Crippen LogP contribution in [0.5, 0.6) is 0 Å². The summed E-state index contributed by atoms with van der Waals surface area (Å²) < 4.78 is 13.9. The molecular formula is C27H19Cl2FN2O2S. The molecule has 8 heteroatoms. The maximum Gasteiger partial charge on any atom is 0.258 e. The van der Waals surface area contributed by atoms with Crippen LogP contribution in [0.4, 0.5) is 15.8 Å². The molecule has 4 aromatic carbocycles. The highest BCUT2D eigenvalue weighted by Crippen LogP contribution is 2.37. The van der Waals surface area contributed by atoms with Gasteiger partial charge in [0, 0.05) is 15.6 Å². The lowest BCUT2D eigenvalue weighted by atomic mass is 10.1. The summed E-state index contributed by atoms with van der Waals surface area (Å²) in [7, 11) is 0. The van der Waals surface area contributed by atoms with Crippen LogP contribution in [0, 0.1) is 5.82 Å². The molecule has 1 unspecified atom stereocenters. The average Bonchev–Trinajstić information content (AvgIpc) is 2.86. The van der Waals surface area contributed by atoms with Gasteiger partial charge in [-0.2, -0.15) is 0 Å². The molecule has 0 aliphatic rings. The summed E-state index contributed by atoms with van der Waals surface area (Å²) in [5, 5.41) is 5.81. The molecule has 2 amide bonds. The van der Waals surface area contributed by atoms with E-state index in [1.54, 1.807) is 48.5 Å². The second kappa shape index (κ2) is 11.4. The molecule has 0 bridgehead atoms. The Bertz CT molecular complexity index is 1350. The van der Waals surface area contributed by atoms with Gasteiger partial charge in [-0.3, -0.25) is 9.59 Å². The fourth-order valence-corrected chi connectivity index (χ4v) is 4.65. The molecule has 4 nitrogen and oxygen atoms in total. The van der Waals surface area contributed by atoms with E-state index < -0.39 is 17.0 Å². The molecule has 35 heavy (non-hydrogen) atoms. The van der Waals surface area contributed by atoms with Crippen molar-refractivity contribution in [3.63, 3.8) is 0 Å². The van der Waals surface area contributed by atoms with Crippen LogP contribution in [-0.2, 0) is 4.79 Å². The van der Waals surface area contributed by atoms with Crippen molar-refractivity contribution in [2.45, 2.75) is 10.1 Å². The fraction of sp³-hybridized carbons (Fsp3) is 0.0370. The van der Waals surface area contributed by atoms with Gasteiger partial charge in [0.05, 0.1) is 16.3 Å². The molecule has 0 aromatic heterocycles. The van der Waals surface area contributed by atoms with Crippen LogP contribution in [0.2, 0.25) is 10.0 Å². The number of anilines is 2. The van der Waals surface area contributed by atoms with Crippen molar-refractivity contribution in [2.24, 2.45) is 0 Å². The highest BCUT2D eigenvalue weighted by molar-refractivity contribution is 8.00. The van der Waals surface area contributed by atoms with Crippen LogP contribution in [0.3, 0.4) is 0 Å². The standard InChI is InChI=1S/C27H19Cl2FN2O2S/c28-18-10-15-22(29)24(16-18)32-27(34)25(17-6-2-1-3-7-17)35-20-13-11-19(12-14-20)31-26(33)21-8-4-5-9-23(21)30/h1-16,25H,(H,31,33)(H,32,34). The Morgan fingerprint density at radius 3 is 2.20 bits per heavy atom. The third kappa shape index (κ3) is 6.42. The molecule has 4 aromatic rings. The van der Waals surface area contributed by atoms with Crippen LogP contribution in [0.15, 0.2) is 102 Å². The second-order valence-electron chi connectivity index (χ2n) is 7.48. The number of nitrogens with one attached hydrogen (secondary N) is 2.